The number of rotatable bonds is 8. The zero-order valence-electron chi connectivity index (χ0n) is 14.1. The average Bonchev–Trinajstić information content (AvgIpc) is 2.45. The first-order valence-electron chi connectivity index (χ1n) is 8.18. The predicted molar refractivity (Wildman–Crippen MR) is 77.6 cm³/mol. The van der Waals surface area contributed by atoms with Crippen molar-refractivity contribution < 1.29 is 35.8 Å². The maximum atomic E-state index is 12.8. The van der Waals surface area contributed by atoms with Gasteiger partial charge in [0.2, 0.25) is 0 Å². The molecule has 2 nitrogen and oxygen atoms in total. The summed E-state index contributed by atoms with van der Waals surface area (Å²) >= 11 is 0. The Morgan fingerprint density at radius 3 is 1.67 bits per heavy atom. The molecule has 0 aromatic carbocycles. The van der Waals surface area contributed by atoms with Gasteiger partial charge in [0.15, 0.2) is 5.92 Å². The molecule has 144 valence electrons. The van der Waals surface area contributed by atoms with E-state index in [0.29, 0.717) is 0 Å². The van der Waals surface area contributed by atoms with Gasteiger partial charge in [0.05, 0.1) is 13.2 Å². The molecule has 0 saturated heterocycles. The summed E-state index contributed by atoms with van der Waals surface area (Å²) in [6, 6.07) is 0. The molecule has 1 rings (SSSR count). The Bertz CT molecular complexity index is 341. The molecule has 0 aromatic heterocycles. The van der Waals surface area contributed by atoms with Crippen molar-refractivity contribution in [2.75, 3.05) is 27.4 Å². The van der Waals surface area contributed by atoms with E-state index >= 15 is 0 Å². The van der Waals surface area contributed by atoms with Crippen molar-refractivity contribution >= 4 is 0 Å². The zero-order chi connectivity index (χ0) is 18.4. The molecule has 0 radical (unpaired) electrons. The highest BCUT2D eigenvalue weighted by Gasteiger charge is 2.57. The van der Waals surface area contributed by atoms with Crippen molar-refractivity contribution in [3.05, 3.63) is 0 Å². The lowest BCUT2D eigenvalue weighted by Gasteiger charge is -2.43. The third kappa shape index (κ3) is 5.79. The number of methoxy groups -OCH3 is 2. The zero-order valence-corrected chi connectivity index (χ0v) is 14.1. The van der Waals surface area contributed by atoms with E-state index in [4.69, 9.17) is 9.47 Å². The van der Waals surface area contributed by atoms with Gasteiger partial charge in [-0.25, -0.2) is 0 Å². The van der Waals surface area contributed by atoms with Crippen molar-refractivity contribution in [3.63, 3.8) is 0 Å². The molecule has 0 heterocycles. The third-order valence-electron chi connectivity index (χ3n) is 5.06. The Balaban J connectivity index is 2.97. The van der Waals surface area contributed by atoms with Gasteiger partial charge in [-0.05, 0) is 31.6 Å². The van der Waals surface area contributed by atoms with Gasteiger partial charge >= 0.3 is 12.4 Å². The van der Waals surface area contributed by atoms with Gasteiger partial charge in [-0.15, -0.1) is 0 Å². The molecule has 1 aliphatic carbocycles. The summed E-state index contributed by atoms with van der Waals surface area (Å²) in [6.07, 6.45) is -7.32. The summed E-state index contributed by atoms with van der Waals surface area (Å²) in [4.78, 5) is 0. The lowest BCUT2D eigenvalue weighted by Crippen LogP contribution is -2.43. The van der Waals surface area contributed by atoms with E-state index in [-0.39, 0.29) is 25.6 Å². The molecule has 1 saturated carbocycles. The summed E-state index contributed by atoms with van der Waals surface area (Å²) in [5.41, 5.74) is -0.807. The maximum Gasteiger partial charge on any atom is 0.400 e. The van der Waals surface area contributed by atoms with Crippen molar-refractivity contribution in [2.45, 2.75) is 57.3 Å². The predicted octanol–water partition coefficient (Wildman–Crippen LogP) is 5.37. The van der Waals surface area contributed by atoms with Crippen molar-refractivity contribution in [2.24, 2.45) is 17.3 Å². The van der Waals surface area contributed by atoms with Crippen LogP contribution < -0.4 is 0 Å². The molecule has 0 N–H and O–H groups in total. The Morgan fingerprint density at radius 2 is 1.29 bits per heavy atom. The second-order valence-corrected chi connectivity index (χ2v) is 6.74. The van der Waals surface area contributed by atoms with Crippen LogP contribution in [-0.2, 0) is 9.47 Å². The second-order valence-electron chi connectivity index (χ2n) is 6.74. The van der Waals surface area contributed by atoms with E-state index < -0.39 is 30.1 Å². The lowest BCUT2D eigenvalue weighted by atomic mass is 9.66. The minimum Gasteiger partial charge on any atom is -0.384 e. The van der Waals surface area contributed by atoms with Crippen LogP contribution in [0.2, 0.25) is 0 Å². The summed E-state index contributed by atoms with van der Waals surface area (Å²) in [5.74, 6) is -3.28. The van der Waals surface area contributed by atoms with Crippen LogP contribution in [0.4, 0.5) is 26.3 Å². The van der Waals surface area contributed by atoms with E-state index in [2.05, 4.69) is 0 Å². The summed E-state index contributed by atoms with van der Waals surface area (Å²) in [6.45, 7) is 0.210. The quantitative estimate of drug-likeness (QED) is 0.539. The normalized spacial score (nSPS) is 18.4. The highest BCUT2D eigenvalue weighted by atomic mass is 19.4. The number of hydrogen-bond acceptors (Lipinski definition) is 2. The summed E-state index contributed by atoms with van der Waals surface area (Å²) in [7, 11) is 2.83. The van der Waals surface area contributed by atoms with Crippen LogP contribution in [0, 0.1) is 17.3 Å². The average molecular weight is 364 g/mol. The smallest absolute Gasteiger partial charge is 0.384 e. The third-order valence-corrected chi connectivity index (χ3v) is 5.06. The molecule has 0 aliphatic heterocycles. The first-order chi connectivity index (χ1) is 11.1. The van der Waals surface area contributed by atoms with E-state index in [1.807, 2.05) is 0 Å². The Labute approximate surface area is 138 Å². The second kappa shape index (κ2) is 8.74. The first kappa shape index (κ1) is 21.5. The van der Waals surface area contributed by atoms with Gasteiger partial charge < -0.3 is 9.47 Å². The van der Waals surface area contributed by atoms with Crippen LogP contribution in [0.1, 0.15) is 44.9 Å². The minimum absolute atomic E-state index is 0.0215. The van der Waals surface area contributed by atoms with Gasteiger partial charge in [-0.3, -0.25) is 0 Å². The molecule has 0 unspecified atom stereocenters. The van der Waals surface area contributed by atoms with E-state index in [0.717, 1.165) is 32.1 Å². The number of ether oxygens (including phenoxy) is 2. The minimum atomic E-state index is -5.29. The molecule has 0 amide bonds. The fourth-order valence-corrected chi connectivity index (χ4v) is 3.86. The van der Waals surface area contributed by atoms with E-state index in [1.54, 1.807) is 0 Å². The van der Waals surface area contributed by atoms with Crippen LogP contribution in [0.25, 0.3) is 0 Å². The van der Waals surface area contributed by atoms with E-state index in [9.17, 15) is 26.3 Å². The largest absolute Gasteiger partial charge is 0.400 e. The Morgan fingerprint density at radius 1 is 0.833 bits per heavy atom. The molecule has 24 heavy (non-hydrogen) atoms. The lowest BCUT2D eigenvalue weighted by molar-refractivity contribution is -0.287. The molecule has 0 atom stereocenters. The first-order valence-corrected chi connectivity index (χ1v) is 8.18. The standard InChI is InChI=1S/C16H26F6O2/c1-23-10-14(11-24-2,12-6-4-3-5-7-12)9-8-13(15(17,18)19)16(20,21)22/h12-13H,3-11H2,1-2H3. The van der Waals surface area contributed by atoms with Gasteiger partial charge in [-0.1, -0.05) is 19.3 Å². The monoisotopic (exact) mass is 364 g/mol. The maximum absolute atomic E-state index is 12.8. The molecule has 0 spiro atoms. The molecule has 8 heteroatoms. The van der Waals surface area contributed by atoms with Gasteiger partial charge in [0, 0.05) is 19.6 Å². The number of halogens is 6. The fourth-order valence-electron chi connectivity index (χ4n) is 3.86. The topological polar surface area (TPSA) is 18.5 Å². The highest BCUT2D eigenvalue weighted by molar-refractivity contribution is 4.90. The van der Waals surface area contributed by atoms with Crippen LogP contribution in [0.3, 0.4) is 0 Å². The fraction of sp³-hybridized carbons (Fsp3) is 1.00. The molecule has 1 fully saturated rings. The van der Waals surface area contributed by atoms with Gasteiger partial charge in [-0.2, -0.15) is 26.3 Å². The molecule has 1 aliphatic rings. The Kier molecular flexibility index (Phi) is 7.84. The van der Waals surface area contributed by atoms with Gasteiger partial charge in [0.25, 0.3) is 0 Å². The SMILES string of the molecule is COCC(CCC(C(F)(F)F)C(F)(F)F)(COC)C1CCCCC1. The van der Waals surface area contributed by atoms with Crippen molar-refractivity contribution in [1.82, 2.24) is 0 Å². The summed E-state index contributed by atoms with van der Waals surface area (Å²) < 4.78 is 87.3. The van der Waals surface area contributed by atoms with Crippen LogP contribution >= 0.6 is 0 Å². The van der Waals surface area contributed by atoms with Gasteiger partial charge in [0.1, 0.15) is 0 Å². The van der Waals surface area contributed by atoms with Crippen LogP contribution in [-0.4, -0.2) is 39.8 Å². The molecular weight excluding hydrogens is 338 g/mol. The van der Waals surface area contributed by atoms with Crippen LogP contribution in [0.5, 0.6) is 0 Å². The number of alkyl halides is 6. The molecular formula is C16H26F6O2. The summed E-state index contributed by atoms with van der Waals surface area (Å²) in [5, 5.41) is 0. The Hall–Kier alpha value is -0.500. The van der Waals surface area contributed by atoms with Crippen molar-refractivity contribution in [3.8, 4) is 0 Å². The highest BCUT2D eigenvalue weighted by Crippen LogP contribution is 2.48. The number of hydrogen-bond donors (Lipinski definition) is 0. The van der Waals surface area contributed by atoms with Crippen molar-refractivity contribution in [1.29, 1.82) is 0 Å². The van der Waals surface area contributed by atoms with E-state index in [1.165, 1.54) is 14.2 Å². The molecule has 0 aromatic rings. The van der Waals surface area contributed by atoms with Crippen LogP contribution in [0.15, 0.2) is 0 Å². The molecule has 0 bridgehead atoms.